The number of aliphatic hydroxyl groups excluding tert-OH is 1. The van der Waals surface area contributed by atoms with Gasteiger partial charge in [-0.3, -0.25) is 0 Å². The number of aromatic nitrogens is 5. The molecule has 28 heavy (non-hydrogen) atoms. The van der Waals surface area contributed by atoms with Crippen molar-refractivity contribution in [3.63, 3.8) is 0 Å². The fourth-order valence-corrected chi connectivity index (χ4v) is 4.03. The highest BCUT2D eigenvalue weighted by molar-refractivity contribution is 5.93. The van der Waals surface area contributed by atoms with Crippen LogP contribution in [0.3, 0.4) is 0 Å². The van der Waals surface area contributed by atoms with Crippen LogP contribution in [0.25, 0.3) is 28.1 Å². The van der Waals surface area contributed by atoms with Crippen molar-refractivity contribution in [3.05, 3.63) is 60.7 Å². The summed E-state index contributed by atoms with van der Waals surface area (Å²) in [6.45, 7) is 0. The Morgan fingerprint density at radius 3 is 2.79 bits per heavy atom. The van der Waals surface area contributed by atoms with Crippen LogP contribution in [0.5, 0.6) is 0 Å². The molecule has 0 bridgehead atoms. The van der Waals surface area contributed by atoms with E-state index in [-0.39, 0.29) is 12.0 Å². The van der Waals surface area contributed by atoms with Crippen LogP contribution < -0.4 is 5.73 Å². The van der Waals surface area contributed by atoms with Gasteiger partial charge in [0.1, 0.15) is 5.82 Å². The Bertz CT molecular complexity index is 1100. The number of aliphatic hydroxyl groups is 1. The molecule has 4 N–H and O–H groups in total. The lowest BCUT2D eigenvalue weighted by atomic mass is 9.83. The predicted octanol–water partition coefficient (Wildman–Crippen LogP) is 2.77. The summed E-state index contributed by atoms with van der Waals surface area (Å²) in [5, 5.41) is 15.9. The minimum Gasteiger partial charge on any atom is -0.392 e. The number of nitrogens with zero attached hydrogens (tertiary/aromatic N) is 4. The summed E-state index contributed by atoms with van der Waals surface area (Å²) in [5.41, 5.74) is 8.16. The third-order valence-electron chi connectivity index (χ3n) is 5.56. The highest BCUT2D eigenvalue weighted by Crippen LogP contribution is 2.34. The molecule has 3 heterocycles. The molecule has 0 spiro atoms. The number of pyridine rings is 1. The van der Waals surface area contributed by atoms with Crippen molar-refractivity contribution < 1.29 is 5.11 Å². The second kappa shape index (κ2) is 6.85. The van der Waals surface area contributed by atoms with E-state index in [1.807, 2.05) is 47.3 Å². The summed E-state index contributed by atoms with van der Waals surface area (Å²) < 4.78 is 1.83. The molecule has 3 aromatic heterocycles. The van der Waals surface area contributed by atoms with E-state index in [1.54, 1.807) is 6.20 Å². The van der Waals surface area contributed by atoms with E-state index in [1.165, 1.54) is 0 Å². The van der Waals surface area contributed by atoms with Gasteiger partial charge in [-0.25, -0.2) is 9.97 Å². The van der Waals surface area contributed by atoms with Crippen molar-refractivity contribution in [2.75, 3.05) is 0 Å². The average molecular weight is 374 g/mol. The van der Waals surface area contributed by atoms with E-state index in [4.69, 9.17) is 15.8 Å². The van der Waals surface area contributed by atoms with Crippen LogP contribution in [0.1, 0.15) is 31.0 Å². The smallest absolute Gasteiger partial charge is 0.184 e. The lowest BCUT2D eigenvalue weighted by Gasteiger charge is -2.30. The molecular formula is C21H22N6O. The maximum absolute atomic E-state index is 10.0. The van der Waals surface area contributed by atoms with Crippen molar-refractivity contribution in [2.24, 2.45) is 5.73 Å². The predicted molar refractivity (Wildman–Crippen MR) is 107 cm³/mol. The number of aromatic amines is 1. The molecule has 1 aliphatic rings. The van der Waals surface area contributed by atoms with Crippen LogP contribution in [0.15, 0.2) is 54.9 Å². The highest BCUT2D eigenvalue weighted by atomic mass is 16.3. The number of benzene rings is 1. The van der Waals surface area contributed by atoms with Crippen molar-refractivity contribution in [2.45, 2.75) is 37.3 Å². The summed E-state index contributed by atoms with van der Waals surface area (Å²) >= 11 is 0. The minimum absolute atomic E-state index is 0.131. The number of nitrogens with one attached hydrogen (secondary N) is 1. The maximum Gasteiger partial charge on any atom is 0.184 e. The summed E-state index contributed by atoms with van der Waals surface area (Å²) in [5.74, 6) is 2.38. The second-order valence-corrected chi connectivity index (χ2v) is 7.38. The summed E-state index contributed by atoms with van der Waals surface area (Å²) in [6.07, 6.45) is 5.43. The molecule has 7 heteroatoms. The van der Waals surface area contributed by atoms with Crippen molar-refractivity contribution in [1.82, 2.24) is 24.7 Å². The number of H-pyrrole nitrogens is 1. The standard InChI is InChI=1S/C21H22N6O/c22-16-11-13(8-9-18(16)28)21-25-20(26-27(21)19-7-3-4-10-23-19)15-12-24-17-6-2-1-5-14(15)17/h1-7,10,12-13,16,18,24,28H,8-9,11,22H2/t13-,16+,18+/m0/s1. The number of hydrogen-bond acceptors (Lipinski definition) is 5. The molecule has 4 aromatic rings. The lowest BCUT2D eigenvalue weighted by molar-refractivity contribution is 0.0989. The van der Waals surface area contributed by atoms with E-state index < -0.39 is 6.10 Å². The molecule has 0 radical (unpaired) electrons. The topological polar surface area (TPSA) is 106 Å². The van der Waals surface area contributed by atoms with Gasteiger partial charge in [0.05, 0.1) is 6.10 Å². The van der Waals surface area contributed by atoms with Gasteiger partial charge < -0.3 is 15.8 Å². The Hall–Kier alpha value is -3.03. The Morgan fingerprint density at radius 2 is 1.96 bits per heavy atom. The van der Waals surface area contributed by atoms with Gasteiger partial charge in [0.2, 0.25) is 0 Å². The Labute approximate surface area is 162 Å². The Kier molecular flexibility index (Phi) is 4.18. The average Bonchev–Trinajstić information content (AvgIpc) is 3.35. The molecular weight excluding hydrogens is 352 g/mol. The molecule has 5 rings (SSSR count). The van der Waals surface area contributed by atoms with Crippen LogP contribution in [0.4, 0.5) is 0 Å². The van der Waals surface area contributed by atoms with E-state index in [0.29, 0.717) is 18.7 Å². The third-order valence-corrected chi connectivity index (χ3v) is 5.56. The molecule has 1 aromatic carbocycles. The fourth-order valence-electron chi connectivity index (χ4n) is 4.03. The normalized spacial score (nSPS) is 22.6. The van der Waals surface area contributed by atoms with Gasteiger partial charge in [-0.1, -0.05) is 24.3 Å². The van der Waals surface area contributed by atoms with Crippen LogP contribution >= 0.6 is 0 Å². The van der Waals surface area contributed by atoms with Gasteiger partial charge in [-0.2, -0.15) is 4.68 Å². The van der Waals surface area contributed by atoms with Crippen LogP contribution in [0, 0.1) is 0 Å². The first-order chi connectivity index (χ1) is 13.7. The molecule has 0 aliphatic heterocycles. The van der Waals surface area contributed by atoms with Gasteiger partial charge in [0, 0.05) is 40.8 Å². The molecule has 1 fully saturated rings. The van der Waals surface area contributed by atoms with Gasteiger partial charge >= 0.3 is 0 Å². The lowest BCUT2D eigenvalue weighted by Crippen LogP contribution is -2.40. The number of nitrogens with two attached hydrogens (primary N) is 1. The number of hydrogen-bond donors (Lipinski definition) is 3. The fraction of sp³-hybridized carbons (Fsp3) is 0.286. The maximum atomic E-state index is 10.0. The van der Waals surface area contributed by atoms with E-state index >= 15 is 0 Å². The van der Waals surface area contributed by atoms with Gasteiger partial charge in [-0.05, 0) is 37.5 Å². The zero-order valence-electron chi connectivity index (χ0n) is 15.4. The largest absolute Gasteiger partial charge is 0.392 e. The number of fused-ring (bicyclic) bond motifs is 1. The summed E-state index contributed by atoms with van der Waals surface area (Å²) in [4.78, 5) is 12.7. The van der Waals surface area contributed by atoms with Crippen LogP contribution in [-0.2, 0) is 0 Å². The minimum atomic E-state index is -0.449. The molecule has 0 amide bonds. The van der Waals surface area contributed by atoms with Gasteiger partial charge in [0.25, 0.3) is 0 Å². The molecule has 0 unspecified atom stereocenters. The molecule has 0 saturated heterocycles. The van der Waals surface area contributed by atoms with E-state index in [9.17, 15) is 5.11 Å². The molecule has 1 aliphatic carbocycles. The number of para-hydroxylation sites is 1. The molecule has 3 atom stereocenters. The van der Waals surface area contributed by atoms with E-state index in [0.717, 1.165) is 34.5 Å². The van der Waals surface area contributed by atoms with Gasteiger partial charge in [0.15, 0.2) is 11.6 Å². The molecule has 142 valence electrons. The van der Waals surface area contributed by atoms with Crippen molar-refractivity contribution in [3.8, 4) is 17.2 Å². The van der Waals surface area contributed by atoms with Crippen molar-refractivity contribution in [1.29, 1.82) is 0 Å². The first-order valence-corrected chi connectivity index (χ1v) is 9.59. The Balaban J connectivity index is 1.63. The van der Waals surface area contributed by atoms with Crippen LogP contribution in [0.2, 0.25) is 0 Å². The number of rotatable bonds is 3. The van der Waals surface area contributed by atoms with E-state index in [2.05, 4.69) is 16.0 Å². The van der Waals surface area contributed by atoms with Gasteiger partial charge in [-0.15, -0.1) is 5.10 Å². The third kappa shape index (κ3) is 2.89. The zero-order valence-corrected chi connectivity index (χ0v) is 15.4. The molecule has 1 saturated carbocycles. The van der Waals surface area contributed by atoms with Crippen LogP contribution in [-0.4, -0.2) is 42.0 Å². The quantitative estimate of drug-likeness (QED) is 0.511. The SMILES string of the molecule is N[C@@H]1C[C@@H](c2nc(-c3c[nH]c4ccccc34)nn2-c2ccccn2)CC[C@H]1O. The second-order valence-electron chi connectivity index (χ2n) is 7.38. The first-order valence-electron chi connectivity index (χ1n) is 9.59. The monoisotopic (exact) mass is 374 g/mol. The van der Waals surface area contributed by atoms with Crippen molar-refractivity contribution >= 4 is 10.9 Å². The highest BCUT2D eigenvalue weighted by Gasteiger charge is 2.31. The summed E-state index contributed by atoms with van der Waals surface area (Å²) in [7, 11) is 0. The Morgan fingerprint density at radius 1 is 1.11 bits per heavy atom. The molecule has 7 nitrogen and oxygen atoms in total. The first kappa shape index (κ1) is 17.1. The zero-order chi connectivity index (χ0) is 19.1. The summed E-state index contributed by atoms with van der Waals surface area (Å²) in [6, 6.07) is 13.6.